The van der Waals surface area contributed by atoms with E-state index in [0.717, 1.165) is 0 Å². The Morgan fingerprint density at radius 2 is 2.00 bits per heavy atom. The highest BCUT2D eigenvalue weighted by Gasteiger charge is 2.31. The third kappa shape index (κ3) is 1.34. The highest BCUT2D eigenvalue weighted by Crippen LogP contribution is 2.42. The molecule has 3 atom stereocenters. The zero-order chi connectivity index (χ0) is 10.3. The minimum absolute atomic E-state index is 0.516. The highest BCUT2D eigenvalue weighted by atomic mass is 14.7. The number of rotatable bonds is 0. The Hall–Kier alpha value is -1.37. The fourth-order valence-electron chi connectivity index (χ4n) is 2.87. The lowest BCUT2D eigenvalue weighted by molar-refractivity contribution is 0.467. The summed E-state index contributed by atoms with van der Waals surface area (Å²) in [7, 11) is 0. The Morgan fingerprint density at radius 1 is 1.20 bits per heavy atom. The van der Waals surface area contributed by atoms with Gasteiger partial charge < -0.3 is 0 Å². The molecule has 0 fully saturated rings. The van der Waals surface area contributed by atoms with E-state index in [0.29, 0.717) is 17.8 Å². The molecule has 3 unspecified atom stereocenters. The molecule has 0 saturated carbocycles. The Morgan fingerprint density at radius 3 is 2.87 bits per heavy atom. The summed E-state index contributed by atoms with van der Waals surface area (Å²) in [5.41, 5.74) is 3.00. The Bertz CT molecular complexity index is 431. The van der Waals surface area contributed by atoms with Crippen molar-refractivity contribution in [1.29, 1.82) is 0 Å². The highest BCUT2D eigenvalue weighted by molar-refractivity contribution is 5.72. The predicted molar refractivity (Wildman–Crippen MR) is 63.3 cm³/mol. The first-order chi connectivity index (χ1) is 7.36. The first kappa shape index (κ1) is 8.90. The van der Waals surface area contributed by atoms with Crippen LogP contribution in [0.15, 0.2) is 41.5 Å². The van der Waals surface area contributed by atoms with Gasteiger partial charge in [-0.05, 0) is 29.4 Å². The fourth-order valence-corrected chi connectivity index (χ4v) is 2.87. The predicted octanol–water partition coefficient (Wildman–Crippen LogP) is 3.49. The van der Waals surface area contributed by atoms with Crippen molar-refractivity contribution in [3.63, 3.8) is 0 Å². The lowest BCUT2D eigenvalue weighted by Crippen LogP contribution is -2.23. The van der Waals surface area contributed by atoms with Crippen molar-refractivity contribution in [2.24, 2.45) is 10.9 Å². The standard InChI is InChI=1S/C14H15N/c1-10-8-11-6-7-15-9-14(11)13-5-3-2-4-12(10)13/h2-7,9-11,14H,8H2,1H3. The van der Waals surface area contributed by atoms with E-state index >= 15 is 0 Å². The molecule has 1 heteroatoms. The van der Waals surface area contributed by atoms with Crippen LogP contribution in [0.4, 0.5) is 0 Å². The second-order valence-electron chi connectivity index (χ2n) is 4.59. The number of nitrogens with zero attached hydrogens (tertiary/aromatic N) is 1. The van der Waals surface area contributed by atoms with Crippen molar-refractivity contribution in [2.45, 2.75) is 25.2 Å². The third-order valence-corrected chi connectivity index (χ3v) is 3.64. The SMILES string of the molecule is CC1CC2C=CN=CC2c2ccccc21. The van der Waals surface area contributed by atoms with Crippen LogP contribution in [0.25, 0.3) is 0 Å². The van der Waals surface area contributed by atoms with Gasteiger partial charge in [0.1, 0.15) is 0 Å². The van der Waals surface area contributed by atoms with Gasteiger partial charge >= 0.3 is 0 Å². The van der Waals surface area contributed by atoms with E-state index in [1.807, 2.05) is 6.20 Å². The van der Waals surface area contributed by atoms with Crippen LogP contribution in [-0.4, -0.2) is 6.21 Å². The molecule has 2 aliphatic rings. The summed E-state index contributed by atoms with van der Waals surface area (Å²) in [6.07, 6.45) is 7.57. The molecular weight excluding hydrogens is 182 g/mol. The van der Waals surface area contributed by atoms with Gasteiger partial charge in [-0.1, -0.05) is 37.3 Å². The minimum Gasteiger partial charge on any atom is -0.269 e. The molecule has 1 aromatic carbocycles. The molecular formula is C14H15N. The van der Waals surface area contributed by atoms with E-state index in [1.165, 1.54) is 17.5 Å². The number of benzene rings is 1. The maximum atomic E-state index is 4.28. The van der Waals surface area contributed by atoms with Crippen molar-refractivity contribution >= 4 is 6.21 Å². The molecule has 1 aromatic rings. The second kappa shape index (κ2) is 3.34. The topological polar surface area (TPSA) is 12.4 Å². The molecule has 0 bridgehead atoms. The van der Waals surface area contributed by atoms with Crippen LogP contribution in [0.1, 0.15) is 36.3 Å². The summed E-state index contributed by atoms with van der Waals surface area (Å²) in [5.74, 6) is 1.85. The number of hydrogen-bond donors (Lipinski definition) is 0. The van der Waals surface area contributed by atoms with Crippen molar-refractivity contribution in [3.05, 3.63) is 47.7 Å². The molecule has 76 valence electrons. The number of allylic oxidation sites excluding steroid dienone is 1. The summed E-state index contributed by atoms with van der Waals surface area (Å²) in [6, 6.07) is 8.81. The molecule has 1 heterocycles. The Kier molecular flexibility index (Phi) is 1.98. The zero-order valence-electron chi connectivity index (χ0n) is 8.93. The first-order valence-corrected chi connectivity index (χ1v) is 5.65. The van der Waals surface area contributed by atoms with Crippen LogP contribution in [-0.2, 0) is 0 Å². The van der Waals surface area contributed by atoms with Crippen LogP contribution in [0.5, 0.6) is 0 Å². The Balaban J connectivity index is 2.12. The van der Waals surface area contributed by atoms with Crippen LogP contribution >= 0.6 is 0 Å². The van der Waals surface area contributed by atoms with Crippen LogP contribution in [0.3, 0.4) is 0 Å². The van der Waals surface area contributed by atoms with E-state index in [4.69, 9.17) is 0 Å². The van der Waals surface area contributed by atoms with Crippen LogP contribution < -0.4 is 0 Å². The van der Waals surface area contributed by atoms with Gasteiger partial charge in [0.2, 0.25) is 0 Å². The zero-order valence-corrected chi connectivity index (χ0v) is 8.93. The molecule has 0 amide bonds. The summed E-state index contributed by atoms with van der Waals surface area (Å²) in [5, 5.41) is 0. The number of hydrogen-bond acceptors (Lipinski definition) is 1. The molecule has 1 nitrogen and oxygen atoms in total. The summed E-state index contributed by atoms with van der Waals surface area (Å²) in [6.45, 7) is 2.33. The van der Waals surface area contributed by atoms with Crippen molar-refractivity contribution in [2.75, 3.05) is 0 Å². The molecule has 0 spiro atoms. The second-order valence-corrected chi connectivity index (χ2v) is 4.59. The normalized spacial score (nSPS) is 32.2. The van der Waals surface area contributed by atoms with E-state index in [1.54, 1.807) is 0 Å². The molecule has 15 heavy (non-hydrogen) atoms. The number of fused-ring (bicyclic) bond motifs is 3. The van der Waals surface area contributed by atoms with Gasteiger partial charge in [0.15, 0.2) is 0 Å². The maximum absolute atomic E-state index is 4.28. The van der Waals surface area contributed by atoms with Crippen molar-refractivity contribution in [3.8, 4) is 0 Å². The largest absolute Gasteiger partial charge is 0.269 e. The van der Waals surface area contributed by atoms with Gasteiger partial charge in [-0.15, -0.1) is 0 Å². The summed E-state index contributed by atoms with van der Waals surface area (Å²) in [4.78, 5) is 4.28. The summed E-state index contributed by atoms with van der Waals surface area (Å²) >= 11 is 0. The molecule has 0 aromatic heterocycles. The number of aliphatic imine (C=N–C) groups is 1. The van der Waals surface area contributed by atoms with E-state index in [9.17, 15) is 0 Å². The average molecular weight is 197 g/mol. The van der Waals surface area contributed by atoms with Crippen LogP contribution in [0, 0.1) is 5.92 Å². The van der Waals surface area contributed by atoms with Gasteiger partial charge in [0.25, 0.3) is 0 Å². The van der Waals surface area contributed by atoms with E-state index in [2.05, 4.69) is 48.5 Å². The van der Waals surface area contributed by atoms with Gasteiger partial charge in [0, 0.05) is 18.3 Å². The monoisotopic (exact) mass is 197 g/mol. The molecule has 3 rings (SSSR count). The van der Waals surface area contributed by atoms with E-state index < -0.39 is 0 Å². The molecule has 0 saturated heterocycles. The van der Waals surface area contributed by atoms with Crippen LogP contribution in [0.2, 0.25) is 0 Å². The van der Waals surface area contributed by atoms with Gasteiger partial charge in [-0.3, -0.25) is 4.99 Å². The quantitative estimate of drug-likeness (QED) is 0.603. The summed E-state index contributed by atoms with van der Waals surface area (Å²) < 4.78 is 0. The lowest BCUT2D eigenvalue weighted by Gasteiger charge is -2.34. The third-order valence-electron chi connectivity index (χ3n) is 3.64. The smallest absolute Gasteiger partial charge is 0.0259 e. The lowest BCUT2D eigenvalue weighted by atomic mass is 9.71. The molecule has 0 N–H and O–H groups in total. The first-order valence-electron chi connectivity index (χ1n) is 5.65. The van der Waals surface area contributed by atoms with Gasteiger partial charge in [-0.25, -0.2) is 0 Å². The molecule has 1 aliphatic carbocycles. The van der Waals surface area contributed by atoms with Gasteiger partial charge in [-0.2, -0.15) is 0 Å². The molecule has 0 radical (unpaired) electrons. The Labute approximate surface area is 90.5 Å². The molecule has 1 aliphatic heterocycles. The minimum atomic E-state index is 0.516. The average Bonchev–Trinajstić information content (AvgIpc) is 2.30. The maximum Gasteiger partial charge on any atom is 0.0259 e. The van der Waals surface area contributed by atoms with E-state index in [-0.39, 0.29) is 0 Å². The fraction of sp³-hybridized carbons (Fsp3) is 0.357. The van der Waals surface area contributed by atoms with Gasteiger partial charge in [0.05, 0.1) is 0 Å². The van der Waals surface area contributed by atoms with Crippen molar-refractivity contribution < 1.29 is 0 Å². The van der Waals surface area contributed by atoms with Crippen molar-refractivity contribution in [1.82, 2.24) is 0 Å².